The molecule has 0 unspecified atom stereocenters. The molecular formula is C24H21ClN2O3. The number of hydrogen-bond acceptors (Lipinski definition) is 4. The fourth-order valence-electron chi connectivity index (χ4n) is 4.16. The highest BCUT2D eigenvalue weighted by Gasteiger charge is 2.36. The molecule has 5 rings (SSSR count). The van der Waals surface area contributed by atoms with Crippen LogP contribution < -0.4 is 9.47 Å². The highest BCUT2D eigenvalue weighted by Crippen LogP contribution is 2.44. The van der Waals surface area contributed by atoms with E-state index >= 15 is 0 Å². The number of ether oxygens (including phenoxy) is 2. The van der Waals surface area contributed by atoms with E-state index in [9.17, 15) is 4.79 Å². The predicted molar refractivity (Wildman–Crippen MR) is 114 cm³/mol. The number of piperidine rings is 1. The smallest absolute Gasteiger partial charge is 0.234 e. The van der Waals surface area contributed by atoms with Crippen molar-refractivity contribution in [2.75, 3.05) is 13.1 Å². The molecule has 30 heavy (non-hydrogen) atoms. The number of fused-ring (bicyclic) bond motifs is 2. The van der Waals surface area contributed by atoms with Gasteiger partial charge >= 0.3 is 0 Å². The standard InChI is InChI=1S/C24H21ClN2O3/c25-16-9-10-22(26-15-16)29-17-11-13-27(14-12-17)24(28)23-18-5-1-3-7-20(18)30-21-8-4-2-6-19(21)23/h1-10,15,17,23H,11-14H2. The molecule has 2 aliphatic rings. The molecule has 152 valence electrons. The van der Waals surface area contributed by atoms with E-state index in [4.69, 9.17) is 21.1 Å². The molecule has 2 aliphatic heterocycles. The predicted octanol–water partition coefficient (Wildman–Crippen LogP) is 5.04. The Hall–Kier alpha value is -3.05. The maximum Gasteiger partial charge on any atom is 0.234 e. The summed E-state index contributed by atoms with van der Waals surface area (Å²) in [5, 5.41) is 0.583. The monoisotopic (exact) mass is 420 g/mol. The summed E-state index contributed by atoms with van der Waals surface area (Å²) in [4.78, 5) is 19.7. The number of amides is 1. The Morgan fingerprint density at radius 2 is 1.60 bits per heavy atom. The topological polar surface area (TPSA) is 51.7 Å². The quantitative estimate of drug-likeness (QED) is 0.595. The van der Waals surface area contributed by atoms with E-state index in [1.807, 2.05) is 53.4 Å². The first-order chi connectivity index (χ1) is 14.7. The van der Waals surface area contributed by atoms with Crippen molar-refractivity contribution in [2.45, 2.75) is 24.9 Å². The van der Waals surface area contributed by atoms with Crippen LogP contribution in [0.4, 0.5) is 0 Å². The average molecular weight is 421 g/mol. The van der Waals surface area contributed by atoms with Gasteiger partial charge in [0.15, 0.2) is 0 Å². The number of rotatable bonds is 3. The molecule has 0 spiro atoms. The Balaban J connectivity index is 1.32. The minimum Gasteiger partial charge on any atom is -0.474 e. The summed E-state index contributed by atoms with van der Waals surface area (Å²) in [6, 6.07) is 19.1. The lowest BCUT2D eigenvalue weighted by molar-refractivity contribution is -0.133. The molecule has 0 bridgehead atoms. The van der Waals surface area contributed by atoms with Crippen LogP contribution in [0.25, 0.3) is 0 Å². The van der Waals surface area contributed by atoms with Crippen LogP contribution in [0.5, 0.6) is 17.4 Å². The highest BCUT2D eigenvalue weighted by molar-refractivity contribution is 6.30. The highest BCUT2D eigenvalue weighted by atomic mass is 35.5. The number of likely N-dealkylation sites (tertiary alicyclic amines) is 1. The maximum atomic E-state index is 13.6. The molecule has 0 N–H and O–H groups in total. The van der Waals surface area contributed by atoms with Crippen molar-refractivity contribution in [3.63, 3.8) is 0 Å². The van der Waals surface area contributed by atoms with Gasteiger partial charge in [0.05, 0.1) is 10.9 Å². The number of carbonyl (C=O) groups is 1. The SMILES string of the molecule is O=C(C1c2ccccc2Oc2ccccc21)N1CCC(Oc2ccc(Cl)cn2)CC1. The number of benzene rings is 2. The van der Waals surface area contributed by atoms with E-state index < -0.39 is 0 Å². The van der Waals surface area contributed by atoms with Crippen LogP contribution in [0.2, 0.25) is 5.02 Å². The number of pyridine rings is 1. The van der Waals surface area contributed by atoms with Crippen LogP contribution in [-0.4, -0.2) is 35.0 Å². The van der Waals surface area contributed by atoms with Gasteiger partial charge in [0.1, 0.15) is 17.6 Å². The molecule has 6 heteroatoms. The van der Waals surface area contributed by atoms with Gasteiger partial charge in [-0.2, -0.15) is 0 Å². The van der Waals surface area contributed by atoms with Crippen molar-refractivity contribution in [3.8, 4) is 17.4 Å². The number of halogens is 1. The molecule has 5 nitrogen and oxygen atoms in total. The van der Waals surface area contributed by atoms with Crippen LogP contribution in [0, 0.1) is 0 Å². The first-order valence-corrected chi connectivity index (χ1v) is 10.5. The largest absolute Gasteiger partial charge is 0.474 e. The number of nitrogens with zero attached hydrogens (tertiary/aromatic N) is 2. The van der Waals surface area contributed by atoms with Gasteiger partial charge in [0.2, 0.25) is 11.8 Å². The molecular weight excluding hydrogens is 400 g/mol. The molecule has 3 aromatic rings. The molecule has 1 amide bonds. The second-order valence-electron chi connectivity index (χ2n) is 7.57. The van der Waals surface area contributed by atoms with Crippen molar-refractivity contribution < 1.29 is 14.3 Å². The van der Waals surface area contributed by atoms with Gasteiger partial charge < -0.3 is 14.4 Å². The first kappa shape index (κ1) is 18.9. The van der Waals surface area contributed by atoms with Gasteiger partial charge in [-0.1, -0.05) is 48.0 Å². The fourth-order valence-corrected chi connectivity index (χ4v) is 4.27. The summed E-state index contributed by atoms with van der Waals surface area (Å²) in [7, 11) is 0. The van der Waals surface area contributed by atoms with Crippen LogP contribution in [0.1, 0.15) is 29.9 Å². The van der Waals surface area contributed by atoms with E-state index in [0.717, 1.165) is 35.5 Å². The van der Waals surface area contributed by atoms with E-state index in [2.05, 4.69) is 4.98 Å². The van der Waals surface area contributed by atoms with Crippen LogP contribution in [0.3, 0.4) is 0 Å². The first-order valence-electron chi connectivity index (χ1n) is 10.1. The Labute approximate surface area is 180 Å². The van der Waals surface area contributed by atoms with Gasteiger partial charge in [0.25, 0.3) is 0 Å². The average Bonchev–Trinajstić information content (AvgIpc) is 2.79. The molecule has 1 aromatic heterocycles. The number of aromatic nitrogens is 1. The lowest BCUT2D eigenvalue weighted by atomic mass is 9.86. The van der Waals surface area contributed by atoms with Gasteiger partial charge in [-0.05, 0) is 18.2 Å². The third-order valence-corrected chi connectivity index (χ3v) is 5.89. The molecule has 2 aromatic carbocycles. The number of carbonyl (C=O) groups excluding carboxylic acids is 1. The summed E-state index contributed by atoms with van der Waals surface area (Å²) in [5.74, 6) is 1.84. The summed E-state index contributed by atoms with van der Waals surface area (Å²) in [6.07, 6.45) is 3.15. The van der Waals surface area contributed by atoms with Crippen molar-refractivity contribution >= 4 is 17.5 Å². The number of para-hydroxylation sites is 2. The zero-order valence-electron chi connectivity index (χ0n) is 16.3. The lowest BCUT2D eigenvalue weighted by Crippen LogP contribution is -2.44. The zero-order valence-corrected chi connectivity index (χ0v) is 17.1. The van der Waals surface area contributed by atoms with Crippen molar-refractivity contribution in [1.29, 1.82) is 0 Å². The van der Waals surface area contributed by atoms with E-state index in [1.165, 1.54) is 0 Å². The molecule has 0 atom stereocenters. The van der Waals surface area contributed by atoms with Gasteiger partial charge in [-0.15, -0.1) is 0 Å². The second kappa shape index (κ2) is 8.00. The van der Waals surface area contributed by atoms with Gasteiger partial charge in [-0.25, -0.2) is 4.98 Å². The molecule has 3 heterocycles. The van der Waals surface area contributed by atoms with E-state index in [-0.39, 0.29) is 17.9 Å². The Kier molecular flexibility index (Phi) is 5.05. The zero-order chi connectivity index (χ0) is 20.5. The normalized spacial score (nSPS) is 16.4. The Morgan fingerprint density at radius 1 is 0.967 bits per heavy atom. The number of hydrogen-bond donors (Lipinski definition) is 0. The fraction of sp³-hybridized carbons (Fsp3) is 0.250. The minimum absolute atomic E-state index is 0.0389. The van der Waals surface area contributed by atoms with Crippen molar-refractivity contribution in [3.05, 3.63) is 83.0 Å². The summed E-state index contributed by atoms with van der Waals surface area (Å²) < 4.78 is 12.0. The Morgan fingerprint density at radius 3 is 2.20 bits per heavy atom. The summed E-state index contributed by atoms with van der Waals surface area (Å²) in [6.45, 7) is 1.30. The van der Waals surface area contributed by atoms with E-state index in [1.54, 1.807) is 18.3 Å². The third-order valence-electron chi connectivity index (χ3n) is 5.67. The molecule has 1 fully saturated rings. The molecule has 0 saturated carbocycles. The maximum absolute atomic E-state index is 13.6. The summed E-state index contributed by atoms with van der Waals surface area (Å²) in [5.41, 5.74) is 1.84. The van der Waals surface area contributed by atoms with Crippen molar-refractivity contribution in [1.82, 2.24) is 9.88 Å². The van der Waals surface area contributed by atoms with Crippen LogP contribution in [0.15, 0.2) is 66.9 Å². The van der Waals surface area contributed by atoms with Crippen LogP contribution in [-0.2, 0) is 4.79 Å². The van der Waals surface area contributed by atoms with Crippen molar-refractivity contribution in [2.24, 2.45) is 0 Å². The van der Waals surface area contributed by atoms with Crippen LogP contribution >= 0.6 is 11.6 Å². The third kappa shape index (κ3) is 3.61. The summed E-state index contributed by atoms with van der Waals surface area (Å²) >= 11 is 5.88. The molecule has 1 saturated heterocycles. The molecule has 0 aliphatic carbocycles. The minimum atomic E-state index is -0.346. The van der Waals surface area contributed by atoms with Gasteiger partial charge in [-0.3, -0.25) is 4.79 Å². The van der Waals surface area contributed by atoms with E-state index in [0.29, 0.717) is 24.0 Å². The Bertz CT molecular complexity index is 1020. The molecule has 0 radical (unpaired) electrons. The second-order valence-corrected chi connectivity index (χ2v) is 8.00. The lowest BCUT2D eigenvalue weighted by Gasteiger charge is -2.36. The van der Waals surface area contributed by atoms with Gasteiger partial charge in [0, 0.05) is 49.3 Å².